The van der Waals surface area contributed by atoms with Crippen LogP contribution in [0.3, 0.4) is 0 Å². The van der Waals surface area contributed by atoms with Gasteiger partial charge in [-0.15, -0.1) is 0 Å². The second-order valence-corrected chi connectivity index (χ2v) is 7.90. The molecule has 1 atom stereocenters. The number of rotatable bonds is 7. The van der Waals surface area contributed by atoms with Gasteiger partial charge < -0.3 is 4.74 Å². The van der Waals surface area contributed by atoms with Gasteiger partial charge in [0.15, 0.2) is 0 Å². The minimum Gasteiger partial charge on any atom is -0.468 e. The second kappa shape index (κ2) is 7.17. The summed E-state index contributed by atoms with van der Waals surface area (Å²) in [5.74, 6) is 1.28. The molecule has 0 radical (unpaired) electrons. The van der Waals surface area contributed by atoms with Crippen molar-refractivity contribution < 1.29 is 9.53 Å². The van der Waals surface area contributed by atoms with Gasteiger partial charge in [0, 0.05) is 17.0 Å². The highest BCUT2D eigenvalue weighted by Crippen LogP contribution is 2.44. The van der Waals surface area contributed by atoms with Gasteiger partial charge in [-0.2, -0.15) is 11.8 Å². The van der Waals surface area contributed by atoms with Gasteiger partial charge in [0.25, 0.3) is 0 Å². The molecule has 0 aromatic rings. The summed E-state index contributed by atoms with van der Waals surface area (Å²) in [6, 6.07) is 0.307. The first-order valence-corrected chi connectivity index (χ1v) is 9.11. The Hall–Kier alpha value is -0.220. The first kappa shape index (κ1) is 16.2. The standard InChI is InChI=1S/C16H29NO2S/c1-12(2)17-16(13-9-10-13,15(18)19-3)11-20-14-7-5-4-6-8-14/h12-14,17H,4-11H2,1-3H3. The molecule has 2 fully saturated rings. The Kier molecular flexibility index (Phi) is 5.79. The zero-order valence-corrected chi connectivity index (χ0v) is 13.9. The molecule has 0 aliphatic heterocycles. The van der Waals surface area contributed by atoms with Crippen LogP contribution in [0.2, 0.25) is 0 Å². The minimum absolute atomic E-state index is 0.0583. The molecule has 0 aromatic heterocycles. The Labute approximate surface area is 127 Å². The predicted octanol–water partition coefficient (Wildman–Crippen LogP) is 3.37. The monoisotopic (exact) mass is 299 g/mol. The maximum atomic E-state index is 12.4. The molecule has 0 bridgehead atoms. The average Bonchev–Trinajstić information content (AvgIpc) is 3.28. The van der Waals surface area contributed by atoms with E-state index in [1.165, 1.54) is 39.2 Å². The van der Waals surface area contributed by atoms with Crippen molar-refractivity contribution in [3.63, 3.8) is 0 Å². The lowest BCUT2D eigenvalue weighted by Crippen LogP contribution is -2.59. The van der Waals surface area contributed by atoms with Crippen molar-refractivity contribution in [1.82, 2.24) is 5.32 Å². The third-order valence-electron chi connectivity index (χ3n) is 4.47. The first-order valence-electron chi connectivity index (χ1n) is 8.06. The van der Waals surface area contributed by atoms with Crippen LogP contribution >= 0.6 is 11.8 Å². The maximum Gasteiger partial charge on any atom is 0.327 e. The molecule has 2 rings (SSSR count). The lowest BCUT2D eigenvalue weighted by Gasteiger charge is -2.35. The van der Waals surface area contributed by atoms with Crippen molar-refractivity contribution in [2.75, 3.05) is 12.9 Å². The first-order chi connectivity index (χ1) is 9.58. The smallest absolute Gasteiger partial charge is 0.327 e. The molecule has 2 saturated carbocycles. The van der Waals surface area contributed by atoms with E-state index in [4.69, 9.17) is 4.74 Å². The average molecular weight is 299 g/mol. The number of carbonyl (C=O) groups is 1. The van der Waals surface area contributed by atoms with E-state index in [1.54, 1.807) is 0 Å². The van der Waals surface area contributed by atoms with E-state index >= 15 is 0 Å². The van der Waals surface area contributed by atoms with E-state index in [0.717, 1.165) is 23.8 Å². The van der Waals surface area contributed by atoms with Gasteiger partial charge in [-0.25, -0.2) is 0 Å². The fourth-order valence-electron chi connectivity index (χ4n) is 3.32. The third kappa shape index (κ3) is 3.91. The summed E-state index contributed by atoms with van der Waals surface area (Å²) >= 11 is 2.00. The topological polar surface area (TPSA) is 38.3 Å². The molecule has 116 valence electrons. The van der Waals surface area contributed by atoms with Gasteiger partial charge in [-0.1, -0.05) is 19.3 Å². The molecule has 1 N–H and O–H groups in total. The quantitative estimate of drug-likeness (QED) is 0.732. The lowest BCUT2D eigenvalue weighted by atomic mass is 9.94. The van der Waals surface area contributed by atoms with Crippen LogP contribution in [0, 0.1) is 5.92 Å². The largest absolute Gasteiger partial charge is 0.468 e. The van der Waals surface area contributed by atoms with Crippen LogP contribution in [0.25, 0.3) is 0 Å². The Morgan fingerprint density at radius 2 is 1.90 bits per heavy atom. The maximum absolute atomic E-state index is 12.4. The Morgan fingerprint density at radius 1 is 1.25 bits per heavy atom. The van der Waals surface area contributed by atoms with Crippen molar-refractivity contribution in [3.8, 4) is 0 Å². The van der Waals surface area contributed by atoms with Crippen LogP contribution < -0.4 is 5.32 Å². The van der Waals surface area contributed by atoms with E-state index in [9.17, 15) is 4.79 Å². The number of esters is 1. The molecule has 0 amide bonds. The summed E-state index contributed by atoms with van der Waals surface area (Å²) in [6.07, 6.45) is 9.02. The molecule has 1 unspecified atom stereocenters. The Balaban J connectivity index is 2.02. The van der Waals surface area contributed by atoms with Gasteiger partial charge >= 0.3 is 5.97 Å². The van der Waals surface area contributed by atoms with Crippen LogP contribution in [-0.4, -0.2) is 35.7 Å². The molecular weight excluding hydrogens is 270 g/mol. The highest BCUT2D eigenvalue weighted by atomic mass is 32.2. The third-order valence-corrected chi connectivity index (χ3v) is 6.03. The van der Waals surface area contributed by atoms with Gasteiger partial charge in [0.05, 0.1) is 7.11 Å². The van der Waals surface area contributed by atoms with Crippen LogP contribution in [0.15, 0.2) is 0 Å². The molecule has 0 aromatic carbocycles. The van der Waals surface area contributed by atoms with E-state index < -0.39 is 5.54 Å². The van der Waals surface area contributed by atoms with Crippen molar-refractivity contribution >= 4 is 17.7 Å². The summed E-state index contributed by atoms with van der Waals surface area (Å²) in [6.45, 7) is 4.23. The predicted molar refractivity (Wildman–Crippen MR) is 85.1 cm³/mol. The number of thioether (sulfide) groups is 1. The van der Waals surface area contributed by atoms with Crippen molar-refractivity contribution in [1.29, 1.82) is 0 Å². The van der Waals surface area contributed by atoms with Gasteiger partial charge in [-0.3, -0.25) is 10.1 Å². The Morgan fingerprint density at radius 3 is 2.40 bits per heavy atom. The van der Waals surface area contributed by atoms with E-state index in [1.807, 2.05) is 11.8 Å². The number of ether oxygens (including phenoxy) is 1. The van der Waals surface area contributed by atoms with Crippen molar-refractivity contribution in [3.05, 3.63) is 0 Å². The Bertz CT molecular complexity index is 324. The number of methoxy groups -OCH3 is 1. The van der Waals surface area contributed by atoms with Gasteiger partial charge in [0.1, 0.15) is 5.54 Å². The van der Waals surface area contributed by atoms with E-state index in [-0.39, 0.29) is 5.97 Å². The number of hydrogen-bond donors (Lipinski definition) is 1. The number of carbonyl (C=O) groups excluding carboxylic acids is 1. The minimum atomic E-state index is -0.453. The highest BCUT2D eigenvalue weighted by Gasteiger charge is 2.52. The summed E-state index contributed by atoms with van der Waals surface area (Å²) in [4.78, 5) is 12.4. The SMILES string of the molecule is COC(=O)C(CSC1CCCCC1)(NC(C)C)C1CC1. The molecule has 2 aliphatic rings. The van der Waals surface area contributed by atoms with Crippen LogP contribution in [0.5, 0.6) is 0 Å². The highest BCUT2D eigenvalue weighted by molar-refractivity contribution is 8.00. The summed E-state index contributed by atoms with van der Waals surface area (Å²) in [5, 5.41) is 4.29. The number of nitrogens with one attached hydrogen (secondary N) is 1. The summed E-state index contributed by atoms with van der Waals surface area (Å²) in [5.41, 5.74) is -0.453. The van der Waals surface area contributed by atoms with Gasteiger partial charge in [0.2, 0.25) is 0 Å². The molecule has 0 spiro atoms. The lowest BCUT2D eigenvalue weighted by molar-refractivity contribution is -0.149. The molecule has 3 nitrogen and oxygen atoms in total. The molecule has 4 heteroatoms. The fraction of sp³-hybridized carbons (Fsp3) is 0.938. The number of hydrogen-bond acceptors (Lipinski definition) is 4. The van der Waals surface area contributed by atoms with E-state index in [0.29, 0.717) is 12.0 Å². The summed E-state index contributed by atoms with van der Waals surface area (Å²) < 4.78 is 5.14. The summed E-state index contributed by atoms with van der Waals surface area (Å²) in [7, 11) is 1.52. The van der Waals surface area contributed by atoms with E-state index in [2.05, 4.69) is 19.2 Å². The van der Waals surface area contributed by atoms with Crippen LogP contribution in [-0.2, 0) is 9.53 Å². The molecule has 0 heterocycles. The normalized spacial score (nSPS) is 23.6. The molecule has 0 saturated heterocycles. The second-order valence-electron chi connectivity index (χ2n) is 6.61. The zero-order chi connectivity index (χ0) is 14.6. The molecule has 2 aliphatic carbocycles. The van der Waals surface area contributed by atoms with Crippen molar-refractivity contribution in [2.45, 2.75) is 75.6 Å². The van der Waals surface area contributed by atoms with Crippen molar-refractivity contribution in [2.24, 2.45) is 5.92 Å². The van der Waals surface area contributed by atoms with Crippen LogP contribution in [0.4, 0.5) is 0 Å². The van der Waals surface area contributed by atoms with Gasteiger partial charge in [-0.05, 0) is 45.4 Å². The molecular formula is C16H29NO2S. The van der Waals surface area contributed by atoms with Crippen LogP contribution in [0.1, 0.15) is 58.8 Å². The molecule has 20 heavy (non-hydrogen) atoms. The fourth-order valence-corrected chi connectivity index (χ4v) is 4.92. The zero-order valence-electron chi connectivity index (χ0n) is 13.1.